The average Bonchev–Trinajstić information content (AvgIpc) is 3.44. The summed E-state index contributed by atoms with van der Waals surface area (Å²) in [5.41, 5.74) is 0.314. The van der Waals surface area contributed by atoms with Crippen LogP contribution in [0.25, 0.3) is 11.0 Å². The van der Waals surface area contributed by atoms with Crippen LogP contribution in [0.3, 0.4) is 0 Å². The van der Waals surface area contributed by atoms with E-state index < -0.39 is 11.2 Å². The monoisotopic (exact) mass is 399 g/mol. The van der Waals surface area contributed by atoms with Gasteiger partial charge in [0.2, 0.25) is 5.91 Å². The molecule has 29 heavy (non-hydrogen) atoms. The molecule has 0 spiro atoms. The van der Waals surface area contributed by atoms with Crippen LogP contribution in [0.5, 0.6) is 0 Å². The number of carbonyl (C=O) groups excluding carboxylic acids is 1. The van der Waals surface area contributed by atoms with E-state index in [0.29, 0.717) is 29.0 Å². The van der Waals surface area contributed by atoms with Crippen molar-refractivity contribution in [2.45, 2.75) is 65.2 Å². The van der Waals surface area contributed by atoms with Crippen molar-refractivity contribution in [3.05, 3.63) is 50.7 Å². The molecule has 1 aliphatic carbocycles. The van der Waals surface area contributed by atoms with E-state index in [1.54, 1.807) is 23.7 Å². The lowest BCUT2D eigenvalue weighted by Crippen LogP contribution is -2.44. The van der Waals surface area contributed by atoms with Crippen molar-refractivity contribution in [3.63, 3.8) is 0 Å². The lowest BCUT2D eigenvalue weighted by molar-refractivity contribution is -0.122. The number of amides is 1. The number of nitrogens with one attached hydrogen (secondary N) is 1. The Morgan fingerprint density at radius 2 is 2.00 bits per heavy atom. The minimum atomic E-state index is -0.542. The first-order valence-corrected chi connectivity index (χ1v) is 10.0. The van der Waals surface area contributed by atoms with Gasteiger partial charge in [-0.15, -0.1) is 0 Å². The number of rotatable bonds is 6. The number of carbonyl (C=O) groups is 1. The van der Waals surface area contributed by atoms with E-state index in [-0.39, 0.29) is 25.0 Å². The Balaban J connectivity index is 1.82. The van der Waals surface area contributed by atoms with E-state index in [1.165, 1.54) is 10.8 Å². The first-order chi connectivity index (χ1) is 14.0. The van der Waals surface area contributed by atoms with Gasteiger partial charge in [-0.1, -0.05) is 12.8 Å². The summed E-state index contributed by atoms with van der Waals surface area (Å²) >= 11 is 0. The Labute approximate surface area is 166 Å². The van der Waals surface area contributed by atoms with Gasteiger partial charge in [-0.3, -0.25) is 23.4 Å². The highest BCUT2D eigenvalue weighted by molar-refractivity contribution is 5.81. The predicted molar refractivity (Wildman–Crippen MR) is 107 cm³/mol. The molecule has 3 heterocycles. The van der Waals surface area contributed by atoms with E-state index in [4.69, 9.17) is 4.42 Å². The molecule has 1 fully saturated rings. The van der Waals surface area contributed by atoms with Gasteiger partial charge >= 0.3 is 5.69 Å². The zero-order chi connectivity index (χ0) is 20.5. The van der Waals surface area contributed by atoms with Gasteiger partial charge < -0.3 is 9.73 Å². The number of aryl methyl sites for hydroxylation is 2. The molecule has 9 nitrogen and oxygen atoms in total. The van der Waals surface area contributed by atoms with E-state index in [0.717, 1.165) is 30.3 Å². The molecule has 0 unspecified atom stereocenters. The minimum Gasteiger partial charge on any atom is -0.467 e. The molecule has 4 rings (SSSR count). The van der Waals surface area contributed by atoms with Gasteiger partial charge in [0, 0.05) is 12.6 Å². The summed E-state index contributed by atoms with van der Waals surface area (Å²) in [6, 6.07) is 3.56. The molecular formula is C20H25N5O4. The Hall–Kier alpha value is -3.10. The number of furan rings is 1. The summed E-state index contributed by atoms with van der Waals surface area (Å²) in [7, 11) is 0. The van der Waals surface area contributed by atoms with Crippen LogP contribution in [0.15, 0.2) is 32.4 Å². The van der Waals surface area contributed by atoms with E-state index in [1.807, 2.05) is 6.92 Å². The zero-order valence-electron chi connectivity index (χ0n) is 16.7. The maximum Gasteiger partial charge on any atom is 0.332 e. The second-order valence-electron chi connectivity index (χ2n) is 7.49. The van der Waals surface area contributed by atoms with Crippen molar-refractivity contribution in [2.75, 3.05) is 0 Å². The highest BCUT2D eigenvalue weighted by atomic mass is 16.3. The third-order valence-electron chi connectivity index (χ3n) is 5.49. The molecule has 0 aliphatic heterocycles. The molecule has 0 atom stereocenters. The van der Waals surface area contributed by atoms with Gasteiger partial charge in [0.15, 0.2) is 5.52 Å². The van der Waals surface area contributed by atoms with Crippen LogP contribution in [-0.4, -0.2) is 30.9 Å². The largest absolute Gasteiger partial charge is 0.467 e. The fourth-order valence-electron chi connectivity index (χ4n) is 4.12. The molecule has 0 saturated heterocycles. The smallest absolute Gasteiger partial charge is 0.332 e. The van der Waals surface area contributed by atoms with Crippen LogP contribution in [0.1, 0.15) is 44.1 Å². The number of nitrogens with zero attached hydrogens (tertiary/aromatic N) is 4. The quantitative estimate of drug-likeness (QED) is 0.675. The van der Waals surface area contributed by atoms with Gasteiger partial charge in [0.05, 0.1) is 18.5 Å². The van der Waals surface area contributed by atoms with Crippen molar-refractivity contribution in [2.24, 2.45) is 0 Å². The van der Waals surface area contributed by atoms with Gasteiger partial charge in [-0.25, -0.2) is 4.79 Å². The Morgan fingerprint density at radius 1 is 1.24 bits per heavy atom. The van der Waals surface area contributed by atoms with Crippen molar-refractivity contribution < 1.29 is 9.21 Å². The van der Waals surface area contributed by atoms with Gasteiger partial charge in [0.1, 0.15) is 17.8 Å². The molecule has 1 aliphatic rings. The average molecular weight is 399 g/mol. The Kier molecular flexibility index (Phi) is 5.12. The summed E-state index contributed by atoms with van der Waals surface area (Å²) in [6.45, 7) is 3.95. The fraction of sp³-hybridized carbons (Fsp3) is 0.500. The van der Waals surface area contributed by atoms with Crippen molar-refractivity contribution in [1.29, 1.82) is 0 Å². The van der Waals surface area contributed by atoms with E-state index >= 15 is 0 Å². The number of aromatic nitrogens is 4. The van der Waals surface area contributed by atoms with Crippen molar-refractivity contribution >= 4 is 16.9 Å². The molecule has 3 aromatic rings. The normalized spacial score (nSPS) is 14.7. The van der Waals surface area contributed by atoms with E-state index in [9.17, 15) is 14.4 Å². The minimum absolute atomic E-state index is 0.00120. The fourth-order valence-corrected chi connectivity index (χ4v) is 4.12. The molecule has 0 radical (unpaired) electrons. The second-order valence-corrected chi connectivity index (χ2v) is 7.49. The maximum atomic E-state index is 13.2. The molecular weight excluding hydrogens is 374 g/mol. The van der Waals surface area contributed by atoms with Crippen LogP contribution < -0.4 is 16.6 Å². The number of hydrogen-bond donors (Lipinski definition) is 1. The molecule has 1 N–H and O–H groups in total. The lowest BCUT2D eigenvalue weighted by Gasteiger charge is -2.15. The van der Waals surface area contributed by atoms with Crippen molar-refractivity contribution in [1.82, 2.24) is 24.2 Å². The summed E-state index contributed by atoms with van der Waals surface area (Å²) in [4.78, 5) is 39.0. The molecule has 154 valence electrons. The summed E-state index contributed by atoms with van der Waals surface area (Å²) in [5.74, 6) is 0.261. The first kappa shape index (κ1) is 19.2. The third kappa shape index (κ3) is 3.52. The van der Waals surface area contributed by atoms with Gasteiger partial charge in [-0.2, -0.15) is 5.10 Å². The molecule has 0 aromatic carbocycles. The zero-order valence-corrected chi connectivity index (χ0v) is 16.7. The summed E-state index contributed by atoms with van der Waals surface area (Å²) in [6.07, 6.45) is 5.62. The lowest BCUT2D eigenvalue weighted by atomic mass is 10.2. The number of fused-ring (bicyclic) bond motifs is 1. The summed E-state index contributed by atoms with van der Waals surface area (Å²) in [5, 5.41) is 7.42. The second kappa shape index (κ2) is 7.73. The molecule has 0 bridgehead atoms. The van der Waals surface area contributed by atoms with Crippen LogP contribution >= 0.6 is 0 Å². The topological polar surface area (TPSA) is 104 Å². The Bertz CT molecular complexity index is 1150. The van der Waals surface area contributed by atoms with Gasteiger partial charge in [-0.05, 0) is 38.8 Å². The standard InChI is InChI=1S/C20H25N5O4/c1-3-25-18-17(13(2)22-25)23(12-16(26)21-14-7-4-5-8-14)20(28)24(19(18)27)11-15-9-6-10-29-15/h6,9-10,14H,3-5,7-8,11-12H2,1-2H3,(H,21,26). The SMILES string of the molecule is CCn1nc(C)c2c1c(=O)n(Cc1ccco1)c(=O)n2CC(=O)NC1CCCC1. The summed E-state index contributed by atoms with van der Waals surface area (Å²) < 4.78 is 9.37. The number of hydrogen-bond acceptors (Lipinski definition) is 5. The van der Waals surface area contributed by atoms with E-state index in [2.05, 4.69) is 10.4 Å². The van der Waals surface area contributed by atoms with Crippen LogP contribution in [-0.2, 0) is 24.4 Å². The predicted octanol–water partition coefficient (Wildman–Crippen LogP) is 1.39. The molecule has 3 aromatic heterocycles. The molecule has 9 heteroatoms. The van der Waals surface area contributed by atoms with Crippen molar-refractivity contribution in [3.8, 4) is 0 Å². The third-order valence-corrected chi connectivity index (χ3v) is 5.49. The highest BCUT2D eigenvalue weighted by Crippen LogP contribution is 2.18. The van der Waals surface area contributed by atoms with Crippen LogP contribution in [0.2, 0.25) is 0 Å². The molecule has 1 amide bonds. The highest BCUT2D eigenvalue weighted by Gasteiger charge is 2.23. The first-order valence-electron chi connectivity index (χ1n) is 10.0. The molecule has 1 saturated carbocycles. The maximum absolute atomic E-state index is 13.2. The van der Waals surface area contributed by atoms with Crippen LogP contribution in [0.4, 0.5) is 0 Å². The van der Waals surface area contributed by atoms with Crippen LogP contribution in [0, 0.1) is 6.92 Å². The van der Waals surface area contributed by atoms with Gasteiger partial charge in [0.25, 0.3) is 5.56 Å². The Morgan fingerprint density at radius 3 is 2.66 bits per heavy atom.